The Morgan fingerprint density at radius 3 is 1.10 bits per heavy atom. The molecule has 3 aromatic rings. The van der Waals surface area contributed by atoms with Crippen LogP contribution in [0.5, 0.6) is 34.5 Å². The second kappa shape index (κ2) is 9.84. The number of ether oxygens (including phenoxy) is 6. The Kier molecular flexibility index (Phi) is 6.97. The SMILES string of the molecule is COc1cc(N(c2ccccc2)c2cc(OC)c(OC)c(OC)c2)cc(OC)c1OC. The molecule has 7 nitrogen and oxygen atoms in total. The molecule has 0 saturated carbocycles. The average molecular weight is 425 g/mol. The Hall–Kier alpha value is -3.74. The van der Waals surface area contributed by atoms with Crippen molar-refractivity contribution in [2.75, 3.05) is 47.6 Å². The van der Waals surface area contributed by atoms with Gasteiger partial charge in [0.2, 0.25) is 11.5 Å². The maximum absolute atomic E-state index is 5.57. The second-order valence-electron chi connectivity index (χ2n) is 6.44. The lowest BCUT2D eigenvalue weighted by Gasteiger charge is -2.28. The molecule has 0 N–H and O–H groups in total. The number of anilines is 3. The van der Waals surface area contributed by atoms with E-state index in [0.717, 1.165) is 17.1 Å². The highest BCUT2D eigenvalue weighted by molar-refractivity contribution is 5.81. The van der Waals surface area contributed by atoms with Crippen molar-refractivity contribution in [2.45, 2.75) is 0 Å². The molecule has 0 amide bonds. The van der Waals surface area contributed by atoms with Gasteiger partial charge in [-0.25, -0.2) is 0 Å². The highest BCUT2D eigenvalue weighted by Gasteiger charge is 2.22. The lowest BCUT2D eigenvalue weighted by Crippen LogP contribution is -2.11. The molecule has 7 heteroatoms. The number of para-hydroxylation sites is 1. The summed E-state index contributed by atoms with van der Waals surface area (Å²) in [6, 6.07) is 17.5. The third-order valence-electron chi connectivity index (χ3n) is 4.83. The van der Waals surface area contributed by atoms with E-state index in [4.69, 9.17) is 28.4 Å². The van der Waals surface area contributed by atoms with Gasteiger partial charge in [-0.2, -0.15) is 0 Å². The highest BCUT2D eigenvalue weighted by Crippen LogP contribution is 2.48. The number of hydrogen-bond acceptors (Lipinski definition) is 7. The van der Waals surface area contributed by atoms with Gasteiger partial charge in [-0.3, -0.25) is 0 Å². The topological polar surface area (TPSA) is 58.6 Å². The van der Waals surface area contributed by atoms with Gasteiger partial charge in [0, 0.05) is 30.0 Å². The standard InChI is InChI=1S/C24H27NO6/c1-26-19-12-17(13-20(27-2)23(19)30-5)25(16-10-8-7-9-11-16)18-14-21(28-3)24(31-6)22(15-18)29-4/h7-15H,1-6H3. The number of methoxy groups -OCH3 is 6. The maximum atomic E-state index is 5.57. The summed E-state index contributed by atoms with van der Waals surface area (Å²) in [4.78, 5) is 2.04. The summed E-state index contributed by atoms with van der Waals surface area (Å²) in [5.74, 6) is 3.23. The fraction of sp³-hybridized carbons (Fsp3) is 0.250. The Morgan fingerprint density at radius 1 is 0.452 bits per heavy atom. The number of rotatable bonds is 9. The first-order valence-corrected chi connectivity index (χ1v) is 9.57. The van der Waals surface area contributed by atoms with Crippen molar-refractivity contribution in [3.8, 4) is 34.5 Å². The molecule has 0 heterocycles. The van der Waals surface area contributed by atoms with Crippen LogP contribution in [0, 0.1) is 0 Å². The van der Waals surface area contributed by atoms with E-state index >= 15 is 0 Å². The van der Waals surface area contributed by atoms with Crippen molar-refractivity contribution >= 4 is 17.1 Å². The molecular weight excluding hydrogens is 398 g/mol. The summed E-state index contributed by atoms with van der Waals surface area (Å²) in [5, 5.41) is 0. The Bertz CT molecular complexity index is 908. The Balaban J connectivity index is 2.30. The molecule has 0 atom stereocenters. The molecule has 0 radical (unpaired) electrons. The van der Waals surface area contributed by atoms with Crippen LogP contribution in [-0.2, 0) is 0 Å². The van der Waals surface area contributed by atoms with Gasteiger partial charge in [-0.1, -0.05) is 18.2 Å². The number of hydrogen-bond donors (Lipinski definition) is 0. The van der Waals surface area contributed by atoms with Gasteiger partial charge >= 0.3 is 0 Å². The summed E-state index contributed by atoms with van der Waals surface area (Å²) in [7, 11) is 9.52. The lowest BCUT2D eigenvalue weighted by atomic mass is 10.1. The summed E-state index contributed by atoms with van der Waals surface area (Å²) in [6.07, 6.45) is 0. The van der Waals surface area contributed by atoms with Gasteiger partial charge in [0.25, 0.3) is 0 Å². The van der Waals surface area contributed by atoms with Gasteiger partial charge in [-0.05, 0) is 12.1 Å². The van der Waals surface area contributed by atoms with E-state index in [-0.39, 0.29) is 0 Å². The van der Waals surface area contributed by atoms with Gasteiger partial charge < -0.3 is 33.3 Å². The summed E-state index contributed by atoms with van der Waals surface area (Å²) in [5.41, 5.74) is 2.52. The van der Waals surface area contributed by atoms with E-state index in [2.05, 4.69) is 0 Å². The van der Waals surface area contributed by atoms with Crippen molar-refractivity contribution in [2.24, 2.45) is 0 Å². The predicted octanol–water partition coefficient (Wildman–Crippen LogP) is 5.21. The lowest BCUT2D eigenvalue weighted by molar-refractivity contribution is 0.324. The zero-order valence-electron chi connectivity index (χ0n) is 18.6. The van der Waals surface area contributed by atoms with Crippen LogP contribution >= 0.6 is 0 Å². The van der Waals surface area contributed by atoms with Crippen LogP contribution in [0.3, 0.4) is 0 Å². The molecule has 0 spiro atoms. The van der Waals surface area contributed by atoms with Crippen molar-refractivity contribution in [3.63, 3.8) is 0 Å². The van der Waals surface area contributed by atoms with Crippen LogP contribution in [0.4, 0.5) is 17.1 Å². The predicted molar refractivity (Wildman–Crippen MR) is 120 cm³/mol. The number of nitrogens with zero attached hydrogens (tertiary/aromatic N) is 1. The zero-order valence-corrected chi connectivity index (χ0v) is 18.6. The van der Waals surface area contributed by atoms with E-state index in [1.165, 1.54) is 0 Å². The molecule has 0 aliphatic rings. The van der Waals surface area contributed by atoms with Gasteiger partial charge in [0.15, 0.2) is 23.0 Å². The molecule has 0 fully saturated rings. The fourth-order valence-corrected chi connectivity index (χ4v) is 3.42. The van der Waals surface area contributed by atoms with Crippen LogP contribution in [0.2, 0.25) is 0 Å². The van der Waals surface area contributed by atoms with E-state index < -0.39 is 0 Å². The average Bonchev–Trinajstić information content (AvgIpc) is 2.83. The minimum Gasteiger partial charge on any atom is -0.493 e. The first-order valence-electron chi connectivity index (χ1n) is 9.57. The zero-order chi connectivity index (χ0) is 22.4. The Labute approximate surface area is 182 Å². The summed E-state index contributed by atoms with van der Waals surface area (Å²) in [6.45, 7) is 0. The molecule has 0 aliphatic heterocycles. The minimum absolute atomic E-state index is 0.520. The first kappa shape index (κ1) is 22.0. The van der Waals surface area contributed by atoms with E-state index in [1.807, 2.05) is 59.5 Å². The number of benzene rings is 3. The quantitative estimate of drug-likeness (QED) is 0.466. The Morgan fingerprint density at radius 2 is 0.806 bits per heavy atom. The van der Waals surface area contributed by atoms with Gasteiger partial charge in [0.1, 0.15) is 0 Å². The third-order valence-corrected chi connectivity index (χ3v) is 4.83. The van der Waals surface area contributed by atoms with Crippen molar-refractivity contribution < 1.29 is 28.4 Å². The molecule has 0 unspecified atom stereocenters. The van der Waals surface area contributed by atoms with Gasteiger partial charge in [-0.15, -0.1) is 0 Å². The summed E-state index contributed by atoms with van der Waals surface area (Å²) < 4.78 is 33.2. The van der Waals surface area contributed by atoms with Crippen molar-refractivity contribution in [1.29, 1.82) is 0 Å². The van der Waals surface area contributed by atoms with Gasteiger partial charge in [0.05, 0.1) is 54.0 Å². The smallest absolute Gasteiger partial charge is 0.203 e. The largest absolute Gasteiger partial charge is 0.493 e. The molecule has 3 rings (SSSR count). The maximum Gasteiger partial charge on any atom is 0.203 e. The third kappa shape index (κ3) is 4.26. The minimum atomic E-state index is 0.520. The monoisotopic (exact) mass is 425 g/mol. The van der Waals surface area contributed by atoms with E-state index in [1.54, 1.807) is 42.7 Å². The highest BCUT2D eigenvalue weighted by atomic mass is 16.5. The molecular formula is C24H27NO6. The van der Waals surface area contributed by atoms with Crippen LogP contribution in [-0.4, -0.2) is 42.7 Å². The van der Waals surface area contributed by atoms with Crippen molar-refractivity contribution in [1.82, 2.24) is 0 Å². The first-order chi connectivity index (χ1) is 15.1. The molecule has 0 saturated heterocycles. The molecule has 3 aromatic carbocycles. The van der Waals surface area contributed by atoms with Crippen LogP contribution in [0.1, 0.15) is 0 Å². The molecule has 0 bridgehead atoms. The molecule has 0 aliphatic carbocycles. The van der Waals surface area contributed by atoms with E-state index in [9.17, 15) is 0 Å². The molecule has 0 aromatic heterocycles. The fourth-order valence-electron chi connectivity index (χ4n) is 3.42. The van der Waals surface area contributed by atoms with Crippen molar-refractivity contribution in [3.05, 3.63) is 54.6 Å². The second-order valence-corrected chi connectivity index (χ2v) is 6.44. The van der Waals surface area contributed by atoms with Crippen LogP contribution in [0.25, 0.3) is 0 Å². The van der Waals surface area contributed by atoms with Crippen LogP contribution in [0.15, 0.2) is 54.6 Å². The van der Waals surface area contributed by atoms with Crippen LogP contribution < -0.4 is 33.3 Å². The normalized spacial score (nSPS) is 10.3. The molecule has 164 valence electrons. The van der Waals surface area contributed by atoms with E-state index in [0.29, 0.717) is 34.5 Å². The summed E-state index contributed by atoms with van der Waals surface area (Å²) >= 11 is 0. The molecule has 31 heavy (non-hydrogen) atoms.